The third-order valence-electron chi connectivity index (χ3n) is 3.68. The van der Waals surface area contributed by atoms with E-state index < -0.39 is 11.6 Å². The molecule has 1 N–H and O–H groups in total. The molecule has 0 fully saturated rings. The summed E-state index contributed by atoms with van der Waals surface area (Å²) in [5.74, 6) is -1.63. The van der Waals surface area contributed by atoms with Gasteiger partial charge in [0.05, 0.1) is 5.69 Å². The molecule has 0 bridgehead atoms. The fourth-order valence-electron chi connectivity index (χ4n) is 2.45. The van der Waals surface area contributed by atoms with Gasteiger partial charge in [0.2, 0.25) is 0 Å². The molecule has 0 amide bonds. The smallest absolute Gasteiger partial charge is 0.159 e. The molecule has 0 spiro atoms. The topological polar surface area (TPSA) is 29.9 Å². The highest BCUT2D eigenvalue weighted by molar-refractivity contribution is 5.24. The first-order chi connectivity index (χ1) is 10.1. The monoisotopic (exact) mass is 293 g/mol. The van der Waals surface area contributed by atoms with Crippen LogP contribution in [-0.2, 0) is 19.4 Å². The van der Waals surface area contributed by atoms with Gasteiger partial charge in [0.1, 0.15) is 0 Å². The first kappa shape index (κ1) is 15.6. The van der Waals surface area contributed by atoms with Crippen molar-refractivity contribution < 1.29 is 8.78 Å². The number of aromatic nitrogens is 2. The molecule has 1 heterocycles. The summed E-state index contributed by atoms with van der Waals surface area (Å²) < 4.78 is 28.4. The van der Waals surface area contributed by atoms with Gasteiger partial charge in [-0.1, -0.05) is 13.0 Å². The van der Waals surface area contributed by atoms with Gasteiger partial charge >= 0.3 is 0 Å². The second-order valence-corrected chi connectivity index (χ2v) is 5.02. The Labute approximate surface area is 124 Å². The van der Waals surface area contributed by atoms with E-state index in [0.29, 0.717) is 6.42 Å². The van der Waals surface area contributed by atoms with Crippen LogP contribution in [0.3, 0.4) is 0 Å². The summed E-state index contributed by atoms with van der Waals surface area (Å²) >= 11 is 0. The first-order valence-corrected chi connectivity index (χ1v) is 7.26. The van der Waals surface area contributed by atoms with Gasteiger partial charge in [-0.3, -0.25) is 4.68 Å². The summed E-state index contributed by atoms with van der Waals surface area (Å²) in [5.41, 5.74) is 2.88. The van der Waals surface area contributed by atoms with E-state index in [0.717, 1.165) is 29.9 Å². The van der Waals surface area contributed by atoms with Crippen molar-refractivity contribution in [2.24, 2.45) is 0 Å². The minimum Gasteiger partial charge on any atom is -0.313 e. The molecule has 1 atom stereocenters. The fraction of sp³-hybridized carbons (Fsp3) is 0.438. The molecule has 0 aliphatic heterocycles. The second-order valence-electron chi connectivity index (χ2n) is 5.02. The zero-order chi connectivity index (χ0) is 15.4. The van der Waals surface area contributed by atoms with Crippen molar-refractivity contribution in [1.29, 1.82) is 0 Å². The van der Waals surface area contributed by atoms with E-state index >= 15 is 0 Å². The van der Waals surface area contributed by atoms with Gasteiger partial charge in [0.15, 0.2) is 11.6 Å². The van der Waals surface area contributed by atoms with E-state index in [2.05, 4.69) is 23.4 Å². The minimum atomic E-state index is -0.819. The lowest BCUT2D eigenvalue weighted by atomic mass is 10.0. The predicted molar refractivity (Wildman–Crippen MR) is 79.1 cm³/mol. The lowest BCUT2D eigenvalue weighted by molar-refractivity contribution is 0.497. The molecular formula is C16H21F2N3. The summed E-state index contributed by atoms with van der Waals surface area (Å²) in [5, 5.41) is 7.68. The number of benzene rings is 1. The number of rotatable bonds is 6. The molecule has 0 saturated carbocycles. The Morgan fingerprint density at radius 1 is 1.19 bits per heavy atom. The van der Waals surface area contributed by atoms with E-state index in [4.69, 9.17) is 0 Å². The summed E-state index contributed by atoms with van der Waals surface area (Å²) in [6.45, 7) is 4.91. The van der Waals surface area contributed by atoms with Crippen molar-refractivity contribution in [2.45, 2.75) is 39.3 Å². The molecule has 0 radical (unpaired) electrons. The molecule has 5 heteroatoms. The maximum Gasteiger partial charge on any atom is 0.159 e. The Bertz CT molecular complexity index is 608. The quantitative estimate of drug-likeness (QED) is 0.886. The summed E-state index contributed by atoms with van der Waals surface area (Å²) in [4.78, 5) is 0. The highest BCUT2D eigenvalue weighted by atomic mass is 19.2. The number of hydrogen-bond donors (Lipinski definition) is 1. The van der Waals surface area contributed by atoms with Crippen molar-refractivity contribution in [3.63, 3.8) is 0 Å². The van der Waals surface area contributed by atoms with Crippen LogP contribution < -0.4 is 5.32 Å². The third-order valence-corrected chi connectivity index (χ3v) is 3.68. The van der Waals surface area contributed by atoms with Crippen LogP contribution in [0.15, 0.2) is 24.3 Å². The van der Waals surface area contributed by atoms with Crippen LogP contribution in [0.4, 0.5) is 8.78 Å². The number of likely N-dealkylation sites (N-methyl/N-ethyl adjacent to an activating group) is 1. The molecule has 2 aromatic rings. The molecule has 21 heavy (non-hydrogen) atoms. The Morgan fingerprint density at radius 3 is 2.52 bits per heavy atom. The van der Waals surface area contributed by atoms with Crippen LogP contribution in [0.1, 0.15) is 36.8 Å². The number of hydrogen-bond acceptors (Lipinski definition) is 2. The molecule has 1 unspecified atom stereocenters. The Hall–Kier alpha value is -1.75. The van der Waals surface area contributed by atoms with Gasteiger partial charge in [-0.25, -0.2) is 8.78 Å². The molecule has 114 valence electrons. The highest BCUT2D eigenvalue weighted by Crippen LogP contribution is 2.21. The largest absolute Gasteiger partial charge is 0.313 e. The van der Waals surface area contributed by atoms with Gasteiger partial charge in [-0.05, 0) is 44.2 Å². The number of aryl methyl sites for hydroxylation is 2. The lowest BCUT2D eigenvalue weighted by Gasteiger charge is -2.17. The predicted octanol–water partition coefficient (Wildman–Crippen LogP) is 3.25. The fourth-order valence-corrected chi connectivity index (χ4v) is 2.45. The maximum atomic E-state index is 13.4. The van der Waals surface area contributed by atoms with Crippen molar-refractivity contribution >= 4 is 0 Å². The standard InChI is InChI=1S/C16H21F2N3/c1-4-12-9-13(21(5-2)20-12)10-16(19-3)11-6-7-14(17)15(18)8-11/h6-9,16,19H,4-5,10H2,1-3H3. The molecule has 0 aliphatic carbocycles. The summed E-state index contributed by atoms with van der Waals surface area (Å²) in [6.07, 6.45) is 1.57. The second kappa shape index (κ2) is 6.80. The molecule has 0 saturated heterocycles. The zero-order valence-corrected chi connectivity index (χ0v) is 12.7. The van der Waals surface area contributed by atoms with Crippen LogP contribution in [0.2, 0.25) is 0 Å². The lowest BCUT2D eigenvalue weighted by Crippen LogP contribution is -2.20. The average Bonchev–Trinajstić information content (AvgIpc) is 2.90. The van der Waals surface area contributed by atoms with E-state index in [1.165, 1.54) is 12.1 Å². The molecule has 3 nitrogen and oxygen atoms in total. The van der Waals surface area contributed by atoms with Crippen molar-refractivity contribution in [1.82, 2.24) is 15.1 Å². The number of nitrogens with one attached hydrogen (secondary N) is 1. The normalized spacial score (nSPS) is 12.6. The van der Waals surface area contributed by atoms with Gasteiger partial charge in [0.25, 0.3) is 0 Å². The molecule has 0 aliphatic rings. The van der Waals surface area contributed by atoms with Crippen LogP contribution in [0.5, 0.6) is 0 Å². The summed E-state index contributed by atoms with van der Waals surface area (Å²) in [7, 11) is 1.82. The first-order valence-electron chi connectivity index (χ1n) is 7.26. The van der Waals surface area contributed by atoms with Gasteiger partial charge in [-0.2, -0.15) is 5.10 Å². The van der Waals surface area contributed by atoms with Gasteiger partial charge in [-0.15, -0.1) is 0 Å². The average molecular weight is 293 g/mol. The van der Waals surface area contributed by atoms with Crippen LogP contribution in [-0.4, -0.2) is 16.8 Å². The van der Waals surface area contributed by atoms with E-state index in [9.17, 15) is 8.78 Å². The van der Waals surface area contributed by atoms with Crippen molar-refractivity contribution in [3.05, 3.63) is 52.9 Å². The Balaban J connectivity index is 2.26. The van der Waals surface area contributed by atoms with E-state index in [1.807, 2.05) is 18.7 Å². The Morgan fingerprint density at radius 2 is 1.95 bits per heavy atom. The molecular weight excluding hydrogens is 272 g/mol. The summed E-state index contributed by atoms with van der Waals surface area (Å²) in [6, 6.07) is 6.04. The maximum absolute atomic E-state index is 13.4. The third kappa shape index (κ3) is 3.47. The van der Waals surface area contributed by atoms with E-state index in [1.54, 1.807) is 6.07 Å². The zero-order valence-electron chi connectivity index (χ0n) is 12.7. The Kier molecular flexibility index (Phi) is 5.07. The number of halogens is 2. The van der Waals surface area contributed by atoms with Crippen LogP contribution in [0, 0.1) is 11.6 Å². The van der Waals surface area contributed by atoms with Gasteiger partial charge < -0.3 is 5.32 Å². The van der Waals surface area contributed by atoms with Crippen molar-refractivity contribution in [3.8, 4) is 0 Å². The highest BCUT2D eigenvalue weighted by Gasteiger charge is 2.16. The minimum absolute atomic E-state index is 0.0770. The number of nitrogens with zero attached hydrogens (tertiary/aromatic N) is 2. The molecule has 1 aromatic heterocycles. The molecule has 1 aromatic carbocycles. The van der Waals surface area contributed by atoms with E-state index in [-0.39, 0.29) is 6.04 Å². The van der Waals surface area contributed by atoms with Crippen LogP contribution in [0.25, 0.3) is 0 Å². The molecule has 2 rings (SSSR count). The van der Waals surface area contributed by atoms with Gasteiger partial charge in [0, 0.05) is 24.7 Å². The SMILES string of the molecule is CCc1cc(CC(NC)c2ccc(F)c(F)c2)n(CC)n1. The van der Waals surface area contributed by atoms with Crippen LogP contribution >= 0.6 is 0 Å². The van der Waals surface area contributed by atoms with Crippen molar-refractivity contribution in [2.75, 3.05) is 7.05 Å².